The second kappa shape index (κ2) is 4.72. The SMILES string of the molecule is COc1cc(C)cc2c(=O)cc(C3CCCC3)[nH]c12. The van der Waals surface area contributed by atoms with Gasteiger partial charge in [-0.1, -0.05) is 12.8 Å². The Bertz CT molecular complexity index is 666. The monoisotopic (exact) mass is 257 g/mol. The van der Waals surface area contributed by atoms with Crippen molar-refractivity contribution in [2.24, 2.45) is 0 Å². The molecule has 0 amide bonds. The minimum absolute atomic E-state index is 0.0950. The van der Waals surface area contributed by atoms with Crippen LogP contribution < -0.4 is 10.2 Å². The summed E-state index contributed by atoms with van der Waals surface area (Å²) in [4.78, 5) is 15.7. The zero-order valence-electron chi connectivity index (χ0n) is 11.5. The van der Waals surface area contributed by atoms with Crippen LogP contribution in [0.5, 0.6) is 5.75 Å². The zero-order chi connectivity index (χ0) is 13.4. The molecule has 1 aliphatic carbocycles. The Morgan fingerprint density at radius 1 is 1.21 bits per heavy atom. The molecule has 1 aromatic carbocycles. The fourth-order valence-corrected chi connectivity index (χ4v) is 3.09. The number of aromatic amines is 1. The smallest absolute Gasteiger partial charge is 0.189 e. The minimum atomic E-state index is 0.0950. The molecule has 1 N–H and O–H groups in total. The molecule has 100 valence electrons. The number of methoxy groups -OCH3 is 1. The Labute approximate surface area is 112 Å². The van der Waals surface area contributed by atoms with Crippen molar-refractivity contribution in [3.05, 3.63) is 39.7 Å². The Kier molecular flexibility index (Phi) is 3.05. The van der Waals surface area contributed by atoms with Gasteiger partial charge in [0.2, 0.25) is 0 Å². The summed E-state index contributed by atoms with van der Waals surface area (Å²) in [5, 5.41) is 0.721. The van der Waals surface area contributed by atoms with Crippen molar-refractivity contribution in [3.8, 4) is 5.75 Å². The molecule has 0 spiro atoms. The molecule has 1 aliphatic rings. The van der Waals surface area contributed by atoms with E-state index in [9.17, 15) is 4.79 Å². The van der Waals surface area contributed by atoms with Crippen LogP contribution >= 0.6 is 0 Å². The van der Waals surface area contributed by atoms with Crippen LogP contribution in [0.2, 0.25) is 0 Å². The van der Waals surface area contributed by atoms with Gasteiger partial charge in [-0.2, -0.15) is 0 Å². The average Bonchev–Trinajstić information content (AvgIpc) is 2.92. The summed E-state index contributed by atoms with van der Waals surface area (Å²) < 4.78 is 5.41. The van der Waals surface area contributed by atoms with Gasteiger partial charge in [-0.3, -0.25) is 4.79 Å². The van der Waals surface area contributed by atoms with Crippen molar-refractivity contribution < 1.29 is 4.74 Å². The van der Waals surface area contributed by atoms with Crippen molar-refractivity contribution in [2.75, 3.05) is 7.11 Å². The first-order valence-corrected chi connectivity index (χ1v) is 6.90. The summed E-state index contributed by atoms with van der Waals surface area (Å²) in [7, 11) is 1.65. The third kappa shape index (κ3) is 2.14. The standard InChI is InChI=1S/C16H19NO2/c1-10-7-12-14(18)9-13(11-5-3-4-6-11)17-16(12)15(8-10)19-2/h7-9,11H,3-6H2,1-2H3,(H,17,18). The lowest BCUT2D eigenvalue weighted by molar-refractivity contribution is 0.418. The molecule has 2 aromatic rings. The predicted molar refractivity (Wildman–Crippen MR) is 77.1 cm³/mol. The van der Waals surface area contributed by atoms with E-state index in [-0.39, 0.29) is 5.43 Å². The fraction of sp³-hybridized carbons (Fsp3) is 0.438. The van der Waals surface area contributed by atoms with Crippen LogP contribution in [0.3, 0.4) is 0 Å². The van der Waals surface area contributed by atoms with Crippen molar-refractivity contribution in [1.29, 1.82) is 0 Å². The van der Waals surface area contributed by atoms with E-state index in [2.05, 4.69) is 4.98 Å². The van der Waals surface area contributed by atoms with Crippen LogP contribution in [0.4, 0.5) is 0 Å². The number of benzene rings is 1. The van der Waals surface area contributed by atoms with Gasteiger partial charge >= 0.3 is 0 Å². The summed E-state index contributed by atoms with van der Waals surface area (Å²) in [6.07, 6.45) is 4.87. The van der Waals surface area contributed by atoms with E-state index in [1.807, 2.05) is 19.1 Å². The summed E-state index contributed by atoms with van der Waals surface area (Å²) in [6, 6.07) is 5.67. The maximum atomic E-state index is 12.3. The van der Waals surface area contributed by atoms with Gasteiger partial charge in [0, 0.05) is 17.1 Å². The highest BCUT2D eigenvalue weighted by Crippen LogP contribution is 2.34. The number of aryl methyl sites for hydroxylation is 1. The Morgan fingerprint density at radius 3 is 2.63 bits per heavy atom. The molecule has 0 saturated heterocycles. The summed E-state index contributed by atoms with van der Waals surface area (Å²) in [6.45, 7) is 1.98. The lowest BCUT2D eigenvalue weighted by atomic mass is 10.0. The number of H-pyrrole nitrogens is 1. The van der Waals surface area contributed by atoms with Crippen LogP contribution in [0.15, 0.2) is 23.0 Å². The Hall–Kier alpha value is -1.77. The molecular formula is C16H19NO2. The number of ether oxygens (including phenoxy) is 1. The normalized spacial score (nSPS) is 16.1. The summed E-state index contributed by atoms with van der Waals surface area (Å²) in [5.41, 5.74) is 3.04. The molecule has 0 bridgehead atoms. The second-order valence-electron chi connectivity index (χ2n) is 5.46. The lowest BCUT2D eigenvalue weighted by Gasteiger charge is -2.13. The van der Waals surface area contributed by atoms with Crippen LogP contribution in [0.1, 0.15) is 42.9 Å². The predicted octanol–water partition coefficient (Wildman–Crippen LogP) is 3.50. The van der Waals surface area contributed by atoms with E-state index in [0.29, 0.717) is 5.92 Å². The number of pyridine rings is 1. The second-order valence-corrected chi connectivity index (χ2v) is 5.46. The van der Waals surface area contributed by atoms with Gasteiger partial charge < -0.3 is 9.72 Å². The van der Waals surface area contributed by atoms with Crippen molar-refractivity contribution in [1.82, 2.24) is 4.98 Å². The van der Waals surface area contributed by atoms with Crippen molar-refractivity contribution in [2.45, 2.75) is 38.5 Å². The molecule has 0 unspecified atom stereocenters. The van der Waals surface area contributed by atoms with E-state index in [1.54, 1.807) is 13.2 Å². The van der Waals surface area contributed by atoms with Gasteiger partial charge in [0.15, 0.2) is 5.43 Å². The van der Waals surface area contributed by atoms with E-state index in [0.717, 1.165) is 27.9 Å². The molecule has 3 rings (SSSR count). The molecule has 1 heterocycles. The molecule has 3 nitrogen and oxygen atoms in total. The topological polar surface area (TPSA) is 42.1 Å². The third-order valence-electron chi connectivity index (χ3n) is 4.08. The number of hydrogen-bond acceptors (Lipinski definition) is 2. The molecular weight excluding hydrogens is 238 g/mol. The van der Waals surface area contributed by atoms with Gasteiger partial charge in [-0.25, -0.2) is 0 Å². The molecule has 1 fully saturated rings. The third-order valence-corrected chi connectivity index (χ3v) is 4.08. The number of aromatic nitrogens is 1. The van der Waals surface area contributed by atoms with E-state index in [1.165, 1.54) is 25.7 Å². The number of rotatable bonds is 2. The molecule has 3 heteroatoms. The Balaban J connectivity index is 2.23. The van der Waals surface area contributed by atoms with Crippen molar-refractivity contribution >= 4 is 10.9 Å². The van der Waals surface area contributed by atoms with E-state index < -0.39 is 0 Å². The molecule has 0 aliphatic heterocycles. The minimum Gasteiger partial charge on any atom is -0.495 e. The van der Waals surface area contributed by atoms with E-state index >= 15 is 0 Å². The molecule has 1 aromatic heterocycles. The van der Waals surface area contributed by atoms with Crippen molar-refractivity contribution in [3.63, 3.8) is 0 Å². The van der Waals surface area contributed by atoms with Gasteiger partial charge in [-0.05, 0) is 43.4 Å². The first kappa shape index (κ1) is 12.3. The molecule has 19 heavy (non-hydrogen) atoms. The quantitative estimate of drug-likeness (QED) is 0.894. The Morgan fingerprint density at radius 2 is 1.95 bits per heavy atom. The highest BCUT2D eigenvalue weighted by molar-refractivity contribution is 5.85. The number of hydrogen-bond donors (Lipinski definition) is 1. The van der Waals surface area contributed by atoms with E-state index in [4.69, 9.17) is 4.74 Å². The largest absolute Gasteiger partial charge is 0.495 e. The summed E-state index contributed by atoms with van der Waals surface area (Å²) in [5.74, 6) is 1.26. The number of fused-ring (bicyclic) bond motifs is 1. The number of nitrogens with one attached hydrogen (secondary N) is 1. The maximum Gasteiger partial charge on any atom is 0.189 e. The highest BCUT2D eigenvalue weighted by Gasteiger charge is 2.19. The van der Waals surface area contributed by atoms with Gasteiger partial charge in [0.05, 0.1) is 12.6 Å². The molecule has 1 saturated carbocycles. The maximum absolute atomic E-state index is 12.3. The van der Waals surface area contributed by atoms with Gasteiger partial charge in [0.25, 0.3) is 0 Å². The lowest BCUT2D eigenvalue weighted by Crippen LogP contribution is -2.08. The average molecular weight is 257 g/mol. The fourth-order valence-electron chi connectivity index (χ4n) is 3.09. The molecule has 0 atom stereocenters. The first-order valence-electron chi connectivity index (χ1n) is 6.90. The zero-order valence-corrected chi connectivity index (χ0v) is 11.5. The summed E-state index contributed by atoms with van der Waals surface area (Å²) >= 11 is 0. The highest BCUT2D eigenvalue weighted by atomic mass is 16.5. The van der Waals surface area contributed by atoms with Crippen LogP contribution in [-0.2, 0) is 0 Å². The van der Waals surface area contributed by atoms with Crippen LogP contribution in [0, 0.1) is 6.92 Å². The van der Waals surface area contributed by atoms with Gasteiger partial charge in [-0.15, -0.1) is 0 Å². The molecule has 0 radical (unpaired) electrons. The van der Waals surface area contributed by atoms with Crippen LogP contribution in [-0.4, -0.2) is 12.1 Å². The van der Waals surface area contributed by atoms with Crippen LogP contribution in [0.25, 0.3) is 10.9 Å². The first-order chi connectivity index (χ1) is 9.19. The van der Waals surface area contributed by atoms with Gasteiger partial charge in [0.1, 0.15) is 5.75 Å².